The van der Waals surface area contributed by atoms with E-state index in [9.17, 15) is 13.2 Å². The van der Waals surface area contributed by atoms with Crippen molar-refractivity contribution < 1.29 is 17.9 Å². The number of nitriles is 1. The third-order valence-corrected chi connectivity index (χ3v) is 3.46. The smallest absolute Gasteiger partial charge is 0.416 e. The van der Waals surface area contributed by atoms with E-state index < -0.39 is 11.7 Å². The van der Waals surface area contributed by atoms with Gasteiger partial charge < -0.3 is 4.74 Å². The van der Waals surface area contributed by atoms with E-state index in [-0.39, 0.29) is 11.9 Å². The molecular formula is C16H10F3NO. The van der Waals surface area contributed by atoms with Crippen LogP contribution in [0.1, 0.15) is 28.4 Å². The first kappa shape index (κ1) is 13.5. The number of rotatable bonds is 1. The minimum absolute atomic E-state index is 0.261. The number of benzene rings is 2. The van der Waals surface area contributed by atoms with Gasteiger partial charge in [-0.05, 0) is 35.4 Å². The molecule has 2 aromatic carbocycles. The fourth-order valence-corrected chi connectivity index (χ4v) is 2.40. The number of alkyl halides is 3. The van der Waals surface area contributed by atoms with Gasteiger partial charge in [0.15, 0.2) is 0 Å². The Morgan fingerprint density at radius 2 is 1.95 bits per heavy atom. The quantitative estimate of drug-likeness (QED) is 0.786. The van der Waals surface area contributed by atoms with Crippen LogP contribution in [0.3, 0.4) is 0 Å². The Morgan fingerprint density at radius 3 is 2.67 bits per heavy atom. The summed E-state index contributed by atoms with van der Waals surface area (Å²) in [6, 6.07) is 12.5. The monoisotopic (exact) mass is 289 g/mol. The van der Waals surface area contributed by atoms with Gasteiger partial charge in [-0.3, -0.25) is 0 Å². The Morgan fingerprint density at radius 1 is 1.14 bits per heavy atom. The Labute approximate surface area is 119 Å². The van der Waals surface area contributed by atoms with Crippen LogP contribution in [0.25, 0.3) is 0 Å². The van der Waals surface area contributed by atoms with Crippen molar-refractivity contribution in [1.82, 2.24) is 0 Å². The summed E-state index contributed by atoms with van der Waals surface area (Å²) in [5.74, 6) is 0.261. The zero-order valence-corrected chi connectivity index (χ0v) is 10.8. The van der Waals surface area contributed by atoms with E-state index in [0.717, 1.165) is 23.3 Å². The molecule has 2 nitrogen and oxygen atoms in total. The van der Waals surface area contributed by atoms with E-state index in [1.54, 1.807) is 18.2 Å². The van der Waals surface area contributed by atoms with E-state index in [4.69, 9.17) is 10.00 Å². The van der Waals surface area contributed by atoms with Crippen molar-refractivity contribution in [3.8, 4) is 11.8 Å². The van der Waals surface area contributed by atoms with Crippen LogP contribution in [0, 0.1) is 11.3 Å². The molecular weight excluding hydrogens is 279 g/mol. The SMILES string of the molecule is N#Cc1cccc(C2Cc3ccc(C(F)(F)F)cc3O2)c1. The largest absolute Gasteiger partial charge is 0.485 e. The number of hydrogen-bond acceptors (Lipinski definition) is 2. The lowest BCUT2D eigenvalue weighted by molar-refractivity contribution is -0.137. The number of fused-ring (bicyclic) bond motifs is 1. The molecule has 0 aliphatic carbocycles. The van der Waals surface area contributed by atoms with Gasteiger partial charge in [-0.15, -0.1) is 0 Å². The van der Waals surface area contributed by atoms with E-state index in [2.05, 4.69) is 0 Å². The van der Waals surface area contributed by atoms with Crippen molar-refractivity contribution in [3.05, 3.63) is 64.7 Å². The summed E-state index contributed by atoms with van der Waals surface area (Å²) in [5, 5.41) is 8.89. The molecule has 1 heterocycles. The first-order valence-corrected chi connectivity index (χ1v) is 6.34. The molecule has 0 amide bonds. The van der Waals surface area contributed by atoms with Crippen molar-refractivity contribution in [1.29, 1.82) is 5.26 Å². The van der Waals surface area contributed by atoms with Crippen LogP contribution in [0.15, 0.2) is 42.5 Å². The molecule has 1 aliphatic rings. The Bertz CT molecular complexity index is 731. The molecule has 1 atom stereocenters. The van der Waals surface area contributed by atoms with Crippen molar-refractivity contribution in [2.45, 2.75) is 18.7 Å². The molecule has 2 aromatic rings. The molecule has 5 heteroatoms. The first-order valence-electron chi connectivity index (χ1n) is 6.34. The van der Waals surface area contributed by atoms with Gasteiger partial charge in [0.25, 0.3) is 0 Å². The average molecular weight is 289 g/mol. The van der Waals surface area contributed by atoms with Crippen LogP contribution in [-0.4, -0.2) is 0 Å². The van der Waals surface area contributed by atoms with Crippen molar-refractivity contribution in [2.24, 2.45) is 0 Å². The van der Waals surface area contributed by atoms with E-state index in [0.29, 0.717) is 12.0 Å². The lowest BCUT2D eigenvalue weighted by atomic mass is 10.0. The number of hydrogen-bond donors (Lipinski definition) is 0. The molecule has 0 N–H and O–H groups in total. The highest BCUT2D eigenvalue weighted by atomic mass is 19.4. The molecule has 0 saturated heterocycles. The van der Waals surface area contributed by atoms with Crippen molar-refractivity contribution in [2.75, 3.05) is 0 Å². The summed E-state index contributed by atoms with van der Waals surface area (Å²) in [4.78, 5) is 0. The van der Waals surface area contributed by atoms with Gasteiger partial charge in [-0.25, -0.2) is 0 Å². The highest BCUT2D eigenvalue weighted by Crippen LogP contribution is 2.40. The van der Waals surface area contributed by atoms with E-state index in [1.165, 1.54) is 6.07 Å². The molecule has 0 radical (unpaired) electrons. The summed E-state index contributed by atoms with van der Waals surface area (Å²) in [5.41, 5.74) is 1.32. The molecule has 0 bridgehead atoms. The minimum atomic E-state index is -4.38. The van der Waals surface area contributed by atoms with Gasteiger partial charge in [0.05, 0.1) is 17.2 Å². The second kappa shape index (κ2) is 4.81. The molecule has 21 heavy (non-hydrogen) atoms. The van der Waals surface area contributed by atoms with Gasteiger partial charge in [0, 0.05) is 6.42 Å². The average Bonchev–Trinajstić information content (AvgIpc) is 2.89. The highest BCUT2D eigenvalue weighted by molar-refractivity contribution is 5.44. The second-order valence-corrected chi connectivity index (χ2v) is 4.87. The molecule has 3 rings (SSSR count). The van der Waals surface area contributed by atoms with Crippen LogP contribution in [0.5, 0.6) is 5.75 Å². The van der Waals surface area contributed by atoms with E-state index >= 15 is 0 Å². The standard InChI is InChI=1S/C16H10F3NO/c17-16(18,19)13-5-4-12-7-14(21-15(12)8-13)11-3-1-2-10(6-11)9-20/h1-6,8,14H,7H2. The van der Waals surface area contributed by atoms with Gasteiger partial charge in [0.2, 0.25) is 0 Å². The molecule has 1 unspecified atom stereocenters. The Hall–Kier alpha value is -2.48. The maximum atomic E-state index is 12.7. The minimum Gasteiger partial charge on any atom is -0.485 e. The highest BCUT2D eigenvalue weighted by Gasteiger charge is 2.33. The summed E-state index contributed by atoms with van der Waals surface area (Å²) in [6.07, 6.45) is -4.23. The lowest BCUT2D eigenvalue weighted by Crippen LogP contribution is -2.05. The molecule has 1 aliphatic heterocycles. The Kier molecular flexibility index (Phi) is 3.09. The number of halogens is 3. The zero-order chi connectivity index (χ0) is 15.0. The predicted octanol–water partition coefficient (Wildman–Crippen LogP) is 4.25. The first-order chi connectivity index (χ1) is 9.97. The molecule has 106 valence electrons. The zero-order valence-electron chi connectivity index (χ0n) is 10.8. The summed E-state index contributed by atoms with van der Waals surface area (Å²) >= 11 is 0. The molecule has 0 saturated carbocycles. The second-order valence-electron chi connectivity index (χ2n) is 4.87. The Balaban J connectivity index is 1.89. The maximum Gasteiger partial charge on any atom is 0.416 e. The summed E-state index contributed by atoms with van der Waals surface area (Å²) in [7, 11) is 0. The van der Waals surface area contributed by atoms with Crippen LogP contribution >= 0.6 is 0 Å². The lowest BCUT2D eigenvalue weighted by Gasteiger charge is -2.11. The summed E-state index contributed by atoms with van der Waals surface area (Å²) < 4.78 is 43.7. The van der Waals surface area contributed by atoms with Crippen LogP contribution < -0.4 is 4.74 Å². The molecule has 0 aromatic heterocycles. The number of nitrogens with zero attached hydrogens (tertiary/aromatic N) is 1. The van der Waals surface area contributed by atoms with Crippen LogP contribution in [0.2, 0.25) is 0 Å². The predicted molar refractivity (Wildman–Crippen MR) is 69.7 cm³/mol. The van der Waals surface area contributed by atoms with Gasteiger partial charge in [-0.1, -0.05) is 18.2 Å². The normalized spacial score (nSPS) is 17.0. The fourth-order valence-electron chi connectivity index (χ4n) is 2.40. The van der Waals surface area contributed by atoms with Crippen LogP contribution in [0.4, 0.5) is 13.2 Å². The fraction of sp³-hybridized carbons (Fsp3) is 0.188. The molecule has 0 spiro atoms. The van der Waals surface area contributed by atoms with Crippen molar-refractivity contribution >= 4 is 0 Å². The summed E-state index contributed by atoms with van der Waals surface area (Å²) in [6.45, 7) is 0. The van der Waals surface area contributed by atoms with E-state index in [1.807, 2.05) is 12.1 Å². The third-order valence-electron chi connectivity index (χ3n) is 3.46. The molecule has 0 fully saturated rings. The van der Waals surface area contributed by atoms with Gasteiger partial charge >= 0.3 is 6.18 Å². The number of ether oxygens (including phenoxy) is 1. The van der Waals surface area contributed by atoms with Gasteiger partial charge in [-0.2, -0.15) is 18.4 Å². The van der Waals surface area contributed by atoms with Crippen LogP contribution in [-0.2, 0) is 12.6 Å². The maximum absolute atomic E-state index is 12.7. The van der Waals surface area contributed by atoms with Crippen molar-refractivity contribution in [3.63, 3.8) is 0 Å². The topological polar surface area (TPSA) is 33.0 Å². The van der Waals surface area contributed by atoms with Gasteiger partial charge in [0.1, 0.15) is 11.9 Å². The third kappa shape index (κ3) is 2.57.